The fourth-order valence-corrected chi connectivity index (χ4v) is 2.81. The summed E-state index contributed by atoms with van der Waals surface area (Å²) in [5.74, 6) is 0.289. The number of nitrogen functional groups attached to an aromatic ring is 1. The van der Waals surface area contributed by atoms with Crippen molar-refractivity contribution in [2.24, 2.45) is 5.92 Å². The molecule has 1 saturated heterocycles. The largest absolute Gasteiger partial charge is 0.397 e. The van der Waals surface area contributed by atoms with Gasteiger partial charge in [0.25, 0.3) is 0 Å². The summed E-state index contributed by atoms with van der Waals surface area (Å²) in [6.07, 6.45) is 2.27. The molecule has 1 unspecified atom stereocenters. The highest BCUT2D eigenvalue weighted by molar-refractivity contribution is 14.1. The molecule has 0 amide bonds. The Kier molecular flexibility index (Phi) is 4.66. The molecule has 0 radical (unpaired) electrons. The van der Waals surface area contributed by atoms with Crippen LogP contribution in [0.5, 0.6) is 0 Å². The van der Waals surface area contributed by atoms with Gasteiger partial charge in [0.1, 0.15) is 5.82 Å². The van der Waals surface area contributed by atoms with E-state index in [1.807, 2.05) is 34.5 Å². The molecule has 1 aromatic rings. The van der Waals surface area contributed by atoms with E-state index in [9.17, 15) is 4.39 Å². The zero-order chi connectivity index (χ0) is 13.1. The van der Waals surface area contributed by atoms with Crippen LogP contribution < -0.4 is 10.6 Å². The maximum absolute atomic E-state index is 13.6. The van der Waals surface area contributed by atoms with Crippen LogP contribution in [0.1, 0.15) is 12.8 Å². The number of hydrogen-bond acceptors (Lipinski definition) is 3. The van der Waals surface area contributed by atoms with Crippen molar-refractivity contribution in [2.45, 2.75) is 12.8 Å². The molecule has 1 aromatic carbocycles. The number of anilines is 2. The van der Waals surface area contributed by atoms with E-state index < -0.39 is 0 Å². The van der Waals surface area contributed by atoms with Gasteiger partial charge < -0.3 is 15.4 Å². The monoisotopic (exact) mass is 364 g/mol. The van der Waals surface area contributed by atoms with Crippen LogP contribution in [-0.4, -0.2) is 26.8 Å². The lowest BCUT2D eigenvalue weighted by atomic mass is 10.0. The molecular weight excluding hydrogens is 346 g/mol. The van der Waals surface area contributed by atoms with Crippen molar-refractivity contribution in [3.05, 3.63) is 21.5 Å². The molecule has 0 bridgehead atoms. The molecule has 1 atom stereocenters. The minimum absolute atomic E-state index is 0.216. The molecule has 1 fully saturated rings. The first-order valence-corrected chi connectivity index (χ1v) is 7.19. The fraction of sp³-hybridized carbons (Fsp3) is 0.538. The second kappa shape index (κ2) is 6.06. The Labute approximate surface area is 121 Å². The van der Waals surface area contributed by atoms with E-state index in [4.69, 9.17) is 10.5 Å². The molecule has 0 aromatic heterocycles. The number of benzene rings is 1. The Balaban J connectivity index is 2.08. The maximum atomic E-state index is 13.6. The number of ether oxygens (including phenoxy) is 1. The zero-order valence-electron chi connectivity index (χ0n) is 10.5. The van der Waals surface area contributed by atoms with Crippen molar-refractivity contribution in [3.8, 4) is 0 Å². The second-order valence-corrected chi connectivity index (χ2v) is 5.95. The Hall–Kier alpha value is -0.560. The summed E-state index contributed by atoms with van der Waals surface area (Å²) in [5.41, 5.74) is 7.34. The van der Waals surface area contributed by atoms with Gasteiger partial charge in [-0.15, -0.1) is 0 Å². The van der Waals surface area contributed by atoms with Gasteiger partial charge >= 0.3 is 0 Å². The summed E-state index contributed by atoms with van der Waals surface area (Å²) in [6.45, 7) is 2.50. The highest BCUT2D eigenvalue weighted by atomic mass is 127. The van der Waals surface area contributed by atoms with Crippen molar-refractivity contribution in [2.75, 3.05) is 37.4 Å². The minimum atomic E-state index is -0.216. The van der Waals surface area contributed by atoms with Crippen LogP contribution >= 0.6 is 22.6 Å². The highest BCUT2D eigenvalue weighted by Crippen LogP contribution is 2.28. The number of rotatable bonds is 3. The SMILES string of the molecule is CN(CC1CCCOC1)c1cc(F)c(I)cc1N. The van der Waals surface area contributed by atoms with E-state index in [-0.39, 0.29) is 5.82 Å². The quantitative estimate of drug-likeness (QED) is 0.662. The molecule has 18 heavy (non-hydrogen) atoms. The van der Waals surface area contributed by atoms with Gasteiger partial charge in [-0.2, -0.15) is 0 Å². The molecule has 3 nitrogen and oxygen atoms in total. The molecule has 100 valence electrons. The zero-order valence-corrected chi connectivity index (χ0v) is 12.6. The van der Waals surface area contributed by atoms with Crippen molar-refractivity contribution in [3.63, 3.8) is 0 Å². The summed E-state index contributed by atoms with van der Waals surface area (Å²) in [4.78, 5) is 2.02. The molecule has 1 aliphatic heterocycles. The van der Waals surface area contributed by atoms with Crippen molar-refractivity contribution >= 4 is 34.0 Å². The van der Waals surface area contributed by atoms with E-state index in [0.717, 1.165) is 38.3 Å². The number of halogens is 2. The van der Waals surface area contributed by atoms with Gasteiger partial charge in [-0.25, -0.2) is 4.39 Å². The lowest BCUT2D eigenvalue weighted by molar-refractivity contribution is 0.0576. The number of nitrogens with zero attached hydrogens (tertiary/aromatic N) is 1. The first-order valence-electron chi connectivity index (χ1n) is 6.11. The lowest BCUT2D eigenvalue weighted by Gasteiger charge is -2.29. The van der Waals surface area contributed by atoms with Crippen molar-refractivity contribution < 1.29 is 9.13 Å². The molecule has 1 heterocycles. The van der Waals surface area contributed by atoms with Gasteiger partial charge in [0.05, 0.1) is 21.6 Å². The molecule has 0 spiro atoms. The van der Waals surface area contributed by atoms with Gasteiger partial charge in [-0.05, 0) is 47.4 Å². The van der Waals surface area contributed by atoms with Crippen molar-refractivity contribution in [1.29, 1.82) is 0 Å². The second-order valence-electron chi connectivity index (χ2n) is 4.79. The average Bonchev–Trinajstić information content (AvgIpc) is 2.35. The summed E-state index contributed by atoms with van der Waals surface area (Å²) in [6, 6.07) is 3.19. The number of nitrogens with two attached hydrogens (primary N) is 1. The van der Waals surface area contributed by atoms with Crippen LogP contribution in [0.25, 0.3) is 0 Å². The highest BCUT2D eigenvalue weighted by Gasteiger charge is 2.18. The molecular formula is C13H18FIN2O. The van der Waals surface area contributed by atoms with Crippen LogP contribution in [0.15, 0.2) is 12.1 Å². The van der Waals surface area contributed by atoms with Gasteiger partial charge in [0.15, 0.2) is 0 Å². The van der Waals surface area contributed by atoms with Gasteiger partial charge in [0.2, 0.25) is 0 Å². The molecule has 5 heteroatoms. The molecule has 0 saturated carbocycles. The molecule has 0 aliphatic carbocycles. The van der Waals surface area contributed by atoms with Crippen LogP contribution in [0, 0.1) is 15.3 Å². The summed E-state index contributed by atoms with van der Waals surface area (Å²) >= 11 is 1.95. The molecule has 1 aliphatic rings. The first-order chi connectivity index (χ1) is 8.58. The van der Waals surface area contributed by atoms with Crippen LogP contribution in [0.3, 0.4) is 0 Å². The standard InChI is InChI=1S/C13H18FIN2O/c1-17(7-9-3-2-4-18-8-9)13-5-10(14)11(15)6-12(13)16/h5-6,9H,2-4,7-8,16H2,1H3. The molecule has 2 N–H and O–H groups in total. The third-order valence-electron chi connectivity index (χ3n) is 3.27. The van der Waals surface area contributed by atoms with Crippen LogP contribution in [0.4, 0.5) is 15.8 Å². The van der Waals surface area contributed by atoms with E-state index in [1.54, 1.807) is 6.07 Å². The lowest BCUT2D eigenvalue weighted by Crippen LogP contribution is -2.31. The van der Waals surface area contributed by atoms with E-state index >= 15 is 0 Å². The maximum Gasteiger partial charge on any atom is 0.138 e. The Morgan fingerprint density at radius 3 is 3.00 bits per heavy atom. The fourth-order valence-electron chi connectivity index (χ4n) is 2.32. The van der Waals surface area contributed by atoms with Crippen molar-refractivity contribution in [1.82, 2.24) is 0 Å². The summed E-state index contributed by atoms with van der Waals surface area (Å²) in [5, 5.41) is 0. The smallest absolute Gasteiger partial charge is 0.138 e. The first kappa shape index (κ1) is 13.9. The number of hydrogen-bond donors (Lipinski definition) is 1. The van der Waals surface area contributed by atoms with Gasteiger partial charge in [0, 0.05) is 26.3 Å². The third kappa shape index (κ3) is 3.26. The Morgan fingerprint density at radius 2 is 2.33 bits per heavy atom. The predicted molar refractivity (Wildman–Crippen MR) is 80.3 cm³/mol. The average molecular weight is 364 g/mol. The normalized spacial score (nSPS) is 19.8. The summed E-state index contributed by atoms with van der Waals surface area (Å²) in [7, 11) is 1.95. The Morgan fingerprint density at radius 1 is 1.56 bits per heavy atom. The van der Waals surface area contributed by atoms with E-state index in [2.05, 4.69) is 0 Å². The Bertz CT molecular complexity index is 422. The predicted octanol–water partition coefficient (Wildman–Crippen LogP) is 2.88. The van der Waals surface area contributed by atoms with E-state index in [1.165, 1.54) is 6.07 Å². The van der Waals surface area contributed by atoms with E-state index in [0.29, 0.717) is 15.2 Å². The summed E-state index contributed by atoms with van der Waals surface area (Å²) < 4.78 is 19.6. The third-order valence-corrected chi connectivity index (χ3v) is 4.09. The molecule has 2 rings (SSSR count). The van der Waals surface area contributed by atoms with Gasteiger partial charge in [-0.3, -0.25) is 0 Å². The van der Waals surface area contributed by atoms with Crippen LogP contribution in [0.2, 0.25) is 0 Å². The topological polar surface area (TPSA) is 38.5 Å². The minimum Gasteiger partial charge on any atom is -0.397 e. The van der Waals surface area contributed by atoms with Crippen LogP contribution in [-0.2, 0) is 4.74 Å². The van der Waals surface area contributed by atoms with Gasteiger partial charge in [-0.1, -0.05) is 0 Å².